The van der Waals surface area contributed by atoms with Crippen molar-refractivity contribution in [1.29, 1.82) is 0 Å². The highest BCUT2D eigenvalue weighted by Gasteiger charge is 2.32. The molecule has 4 heteroatoms. The van der Waals surface area contributed by atoms with Crippen molar-refractivity contribution >= 4 is 56.7 Å². The van der Waals surface area contributed by atoms with Crippen LogP contribution in [0.15, 0.2) is 204 Å². The fraction of sp³-hybridized carbons (Fsp3) is 0.0189. The van der Waals surface area contributed by atoms with Crippen LogP contribution in [-0.4, -0.2) is 0 Å². The maximum absolute atomic E-state index is 7.08. The summed E-state index contributed by atoms with van der Waals surface area (Å²) < 4.78 is 7.08. The summed E-state index contributed by atoms with van der Waals surface area (Å²) in [6.07, 6.45) is 0.916. The lowest BCUT2D eigenvalue weighted by molar-refractivity contribution is 0.457. The number of para-hydroxylation sites is 2. The minimum atomic E-state index is 0.844. The van der Waals surface area contributed by atoms with Gasteiger partial charge in [-0.25, -0.2) is 0 Å². The second-order valence-electron chi connectivity index (χ2n) is 14.9. The number of rotatable bonds is 5. The van der Waals surface area contributed by atoms with Gasteiger partial charge in [0.1, 0.15) is 11.5 Å². The maximum atomic E-state index is 7.08. The number of fused-ring (bicyclic) bond motifs is 5. The Morgan fingerprint density at radius 3 is 2.00 bits per heavy atom. The Balaban J connectivity index is 1.12. The van der Waals surface area contributed by atoms with Crippen LogP contribution in [0.1, 0.15) is 11.1 Å². The molecule has 0 fully saturated rings. The summed E-state index contributed by atoms with van der Waals surface area (Å²) in [5, 5.41) is 2.43. The molecule has 0 amide bonds. The molecule has 2 heterocycles. The van der Waals surface area contributed by atoms with E-state index in [9.17, 15) is 0 Å². The monoisotopic (exact) mass is 746 g/mol. The first-order valence-corrected chi connectivity index (χ1v) is 20.3. The van der Waals surface area contributed by atoms with E-state index < -0.39 is 0 Å². The second kappa shape index (κ2) is 12.8. The first-order chi connectivity index (χ1) is 28.2. The Morgan fingerprint density at radius 2 is 1.14 bits per heavy atom. The van der Waals surface area contributed by atoms with Crippen molar-refractivity contribution < 1.29 is 4.74 Å². The summed E-state index contributed by atoms with van der Waals surface area (Å²) in [6, 6.07) is 70.5. The molecule has 0 aromatic heterocycles. The van der Waals surface area contributed by atoms with Gasteiger partial charge in [0.25, 0.3) is 0 Å². The van der Waals surface area contributed by atoms with Crippen LogP contribution in [-0.2, 0) is 6.42 Å². The van der Waals surface area contributed by atoms with Gasteiger partial charge in [-0.2, -0.15) is 0 Å². The van der Waals surface area contributed by atoms with E-state index in [2.05, 4.69) is 204 Å². The molecule has 268 valence electrons. The molecule has 9 aromatic rings. The van der Waals surface area contributed by atoms with Gasteiger partial charge in [0.05, 0.1) is 26.9 Å². The third-order valence-electron chi connectivity index (χ3n) is 11.6. The summed E-state index contributed by atoms with van der Waals surface area (Å²) in [6.45, 7) is 0. The molecule has 12 rings (SSSR count). The van der Waals surface area contributed by atoms with E-state index in [0.29, 0.717) is 0 Å². The van der Waals surface area contributed by atoms with Crippen LogP contribution in [0.5, 0.6) is 11.5 Å². The van der Waals surface area contributed by atoms with Crippen molar-refractivity contribution in [2.75, 3.05) is 9.80 Å². The molecule has 0 radical (unpaired) electrons. The van der Waals surface area contributed by atoms with Crippen LogP contribution in [0, 0.1) is 0 Å². The Labute approximate surface area is 336 Å². The minimum Gasteiger partial charge on any atom is -0.455 e. The molecule has 0 saturated heterocycles. The first-order valence-electron chi connectivity index (χ1n) is 19.5. The largest absolute Gasteiger partial charge is 0.455 e. The van der Waals surface area contributed by atoms with Crippen LogP contribution < -0.4 is 14.5 Å². The summed E-state index contributed by atoms with van der Waals surface area (Å²) in [7, 11) is 0. The van der Waals surface area contributed by atoms with E-state index in [1.807, 2.05) is 11.8 Å². The molecule has 1 aliphatic carbocycles. The molecule has 0 N–H and O–H groups in total. The third-order valence-corrected chi connectivity index (χ3v) is 12.8. The standard InChI is InChI=1S/C53H34N2OS/c1-3-12-34(13-4-1)35-22-25-40(26-23-35)54(41-27-28-44-38(31-41)30-37-14-7-8-18-43(37)44)42-32-48-52-50(33-42)56-49-29-24-36-15-11-20-46(51(36)53(49)57-52)45-19-9-10-21-47(45)55(48)39-16-5-2-6-17-39/h1-29,31-33H,30H2. The highest BCUT2D eigenvalue weighted by molar-refractivity contribution is 8.00. The minimum absolute atomic E-state index is 0.844. The number of hydrogen-bond donors (Lipinski definition) is 0. The van der Waals surface area contributed by atoms with Crippen molar-refractivity contribution in [3.8, 4) is 44.9 Å². The van der Waals surface area contributed by atoms with Gasteiger partial charge in [-0.05, 0) is 105 Å². The van der Waals surface area contributed by atoms with E-state index in [-0.39, 0.29) is 0 Å². The smallest absolute Gasteiger partial charge is 0.145 e. The zero-order valence-corrected chi connectivity index (χ0v) is 31.7. The summed E-state index contributed by atoms with van der Waals surface area (Å²) in [4.78, 5) is 7.08. The predicted molar refractivity (Wildman–Crippen MR) is 237 cm³/mol. The molecular weight excluding hydrogens is 713 g/mol. The zero-order valence-electron chi connectivity index (χ0n) is 30.9. The predicted octanol–water partition coefficient (Wildman–Crippen LogP) is 15.3. The van der Waals surface area contributed by atoms with E-state index >= 15 is 0 Å². The van der Waals surface area contributed by atoms with Gasteiger partial charge in [-0.15, -0.1) is 0 Å². The molecule has 0 unspecified atom stereocenters. The number of hydrogen-bond acceptors (Lipinski definition) is 4. The average molecular weight is 747 g/mol. The normalized spacial score (nSPS) is 12.9. The topological polar surface area (TPSA) is 15.7 Å². The Morgan fingerprint density at radius 1 is 0.439 bits per heavy atom. The van der Waals surface area contributed by atoms with Crippen LogP contribution in [0.4, 0.5) is 34.1 Å². The number of nitrogens with zero attached hydrogens (tertiary/aromatic N) is 2. The van der Waals surface area contributed by atoms with Crippen molar-refractivity contribution in [2.24, 2.45) is 0 Å². The zero-order chi connectivity index (χ0) is 37.5. The van der Waals surface area contributed by atoms with Crippen molar-refractivity contribution in [3.63, 3.8) is 0 Å². The Bertz CT molecular complexity index is 3050. The van der Waals surface area contributed by atoms with Crippen LogP contribution in [0.2, 0.25) is 0 Å². The van der Waals surface area contributed by atoms with Gasteiger partial charge < -0.3 is 14.5 Å². The van der Waals surface area contributed by atoms with Crippen molar-refractivity contribution in [3.05, 3.63) is 205 Å². The number of benzene rings is 9. The van der Waals surface area contributed by atoms with Crippen LogP contribution >= 0.6 is 11.8 Å². The molecule has 2 bridgehead atoms. The molecule has 0 atom stereocenters. The highest BCUT2D eigenvalue weighted by atomic mass is 32.2. The van der Waals surface area contributed by atoms with Gasteiger partial charge >= 0.3 is 0 Å². The Kier molecular flexibility index (Phi) is 7.23. The van der Waals surface area contributed by atoms with Crippen LogP contribution in [0.3, 0.4) is 0 Å². The lowest BCUT2D eigenvalue weighted by atomic mass is 9.96. The molecule has 2 aliphatic heterocycles. The molecule has 3 nitrogen and oxygen atoms in total. The number of ether oxygens (including phenoxy) is 1. The van der Waals surface area contributed by atoms with E-state index in [0.717, 1.165) is 61.8 Å². The Hall–Kier alpha value is -7.01. The molecule has 9 aromatic carbocycles. The molecular formula is C53H34N2OS. The molecule has 0 saturated carbocycles. The lowest BCUT2D eigenvalue weighted by Crippen LogP contribution is -2.15. The van der Waals surface area contributed by atoms with Gasteiger partial charge in [-0.3, -0.25) is 0 Å². The second-order valence-corrected chi connectivity index (χ2v) is 15.9. The molecule has 0 spiro atoms. The van der Waals surface area contributed by atoms with Gasteiger partial charge in [0, 0.05) is 34.1 Å². The van der Waals surface area contributed by atoms with Crippen molar-refractivity contribution in [2.45, 2.75) is 16.2 Å². The van der Waals surface area contributed by atoms with Crippen LogP contribution in [0.25, 0.3) is 44.2 Å². The van der Waals surface area contributed by atoms with Crippen molar-refractivity contribution in [1.82, 2.24) is 0 Å². The van der Waals surface area contributed by atoms with Gasteiger partial charge in [0.15, 0.2) is 0 Å². The fourth-order valence-corrected chi connectivity index (χ4v) is 10.2. The maximum Gasteiger partial charge on any atom is 0.145 e. The number of anilines is 6. The third kappa shape index (κ3) is 5.15. The SMILES string of the molecule is c1ccc(-c2ccc(N(c3ccc4c(c3)Cc3ccccc3-4)c3cc4c5c(c3)N(c3ccccc3)c3ccccc3-c3cccc6ccc(c(c36)S5)O4)cc2)cc1. The lowest BCUT2D eigenvalue weighted by Gasteiger charge is -2.33. The van der Waals surface area contributed by atoms with Gasteiger partial charge in [-0.1, -0.05) is 145 Å². The summed E-state index contributed by atoms with van der Waals surface area (Å²) in [5.41, 5.74) is 16.6. The quantitative estimate of drug-likeness (QED) is 0.174. The van der Waals surface area contributed by atoms with E-state index in [1.54, 1.807) is 0 Å². The average Bonchev–Trinajstić information content (AvgIpc) is 3.66. The summed E-state index contributed by atoms with van der Waals surface area (Å²) >= 11 is 1.82. The highest BCUT2D eigenvalue weighted by Crippen LogP contribution is 2.60. The summed E-state index contributed by atoms with van der Waals surface area (Å²) in [5.74, 6) is 1.73. The van der Waals surface area contributed by atoms with E-state index in [4.69, 9.17) is 4.74 Å². The molecule has 57 heavy (non-hydrogen) atoms. The fourth-order valence-electron chi connectivity index (χ4n) is 9.03. The molecule has 3 aliphatic rings. The van der Waals surface area contributed by atoms with Gasteiger partial charge in [0.2, 0.25) is 0 Å². The first kappa shape index (κ1) is 32.3. The van der Waals surface area contributed by atoms with E-state index in [1.165, 1.54) is 55.3 Å².